The van der Waals surface area contributed by atoms with Crippen molar-refractivity contribution in [2.75, 3.05) is 71.4 Å². The van der Waals surface area contributed by atoms with E-state index in [9.17, 15) is 14.0 Å². The van der Waals surface area contributed by atoms with Gasteiger partial charge in [0, 0.05) is 68.9 Å². The SMILES string of the molecule is COc1cc(F)cnc1N1CCN(C(=O)c2cc3c(C4CCN(C)CC4)cc(C4=CCCN(C(=O)CCn5ccnn5)C4)c(F)c3[nH]2)CC1. The second-order valence-corrected chi connectivity index (χ2v) is 13.1. The van der Waals surface area contributed by atoms with Gasteiger partial charge in [0.15, 0.2) is 17.4 Å². The number of fused-ring (bicyclic) bond motifs is 1. The zero-order chi connectivity index (χ0) is 34.1. The summed E-state index contributed by atoms with van der Waals surface area (Å²) < 4.78 is 37.3. The Labute approximate surface area is 283 Å². The van der Waals surface area contributed by atoms with E-state index in [1.807, 2.05) is 23.1 Å². The Bertz CT molecular complexity index is 1860. The number of aromatic nitrogens is 5. The number of ether oxygens (including phenoxy) is 1. The van der Waals surface area contributed by atoms with Crippen LogP contribution in [-0.4, -0.2) is 118 Å². The average molecular weight is 674 g/mol. The molecular formula is C35H41F2N9O3. The van der Waals surface area contributed by atoms with Crippen molar-refractivity contribution in [1.82, 2.24) is 39.7 Å². The first-order valence-corrected chi connectivity index (χ1v) is 16.9. The zero-order valence-corrected chi connectivity index (χ0v) is 27.9. The largest absolute Gasteiger partial charge is 0.493 e. The first kappa shape index (κ1) is 32.7. The highest BCUT2D eigenvalue weighted by Crippen LogP contribution is 2.39. The molecular weight excluding hydrogens is 632 g/mol. The number of methoxy groups -OCH3 is 1. The van der Waals surface area contributed by atoms with Gasteiger partial charge in [-0.3, -0.25) is 14.3 Å². The molecule has 2 fully saturated rings. The summed E-state index contributed by atoms with van der Waals surface area (Å²) in [6, 6.07) is 5.08. The molecule has 12 nitrogen and oxygen atoms in total. The number of piperazine rings is 1. The lowest BCUT2D eigenvalue weighted by Gasteiger charge is -2.35. The molecule has 14 heteroatoms. The third kappa shape index (κ3) is 6.74. The minimum atomic E-state index is -0.479. The van der Waals surface area contributed by atoms with Gasteiger partial charge in [0.05, 0.1) is 31.6 Å². The molecule has 3 aliphatic heterocycles. The van der Waals surface area contributed by atoms with Crippen LogP contribution in [0, 0.1) is 11.6 Å². The predicted octanol–water partition coefficient (Wildman–Crippen LogP) is 3.92. The normalized spacial score (nSPS) is 17.9. The van der Waals surface area contributed by atoms with Crippen LogP contribution in [0.15, 0.2) is 42.9 Å². The van der Waals surface area contributed by atoms with Gasteiger partial charge >= 0.3 is 0 Å². The third-order valence-corrected chi connectivity index (χ3v) is 10.0. The van der Waals surface area contributed by atoms with Gasteiger partial charge in [-0.1, -0.05) is 11.3 Å². The highest BCUT2D eigenvalue weighted by Gasteiger charge is 2.30. The third-order valence-electron chi connectivity index (χ3n) is 10.0. The van der Waals surface area contributed by atoms with Gasteiger partial charge in [-0.2, -0.15) is 0 Å². The Morgan fingerprint density at radius 2 is 1.82 bits per heavy atom. The number of aryl methyl sites for hydroxylation is 1. The number of rotatable bonds is 8. The van der Waals surface area contributed by atoms with E-state index in [2.05, 4.69) is 32.2 Å². The molecule has 3 aromatic heterocycles. The Morgan fingerprint density at radius 3 is 2.55 bits per heavy atom. The fourth-order valence-electron chi connectivity index (χ4n) is 7.26. The highest BCUT2D eigenvalue weighted by atomic mass is 19.1. The summed E-state index contributed by atoms with van der Waals surface area (Å²) in [7, 11) is 3.58. The number of piperidine rings is 1. The zero-order valence-electron chi connectivity index (χ0n) is 27.9. The minimum absolute atomic E-state index is 0.0142. The van der Waals surface area contributed by atoms with Crippen LogP contribution in [0.3, 0.4) is 0 Å². The Morgan fingerprint density at radius 1 is 1.02 bits per heavy atom. The van der Waals surface area contributed by atoms with Crippen LogP contribution in [0.2, 0.25) is 0 Å². The maximum Gasteiger partial charge on any atom is 0.270 e. The summed E-state index contributed by atoms with van der Waals surface area (Å²) >= 11 is 0. The quantitative estimate of drug-likeness (QED) is 0.300. The van der Waals surface area contributed by atoms with Crippen LogP contribution in [-0.2, 0) is 11.3 Å². The van der Waals surface area contributed by atoms with E-state index in [0.717, 1.165) is 48.7 Å². The summed E-state index contributed by atoms with van der Waals surface area (Å²) in [4.78, 5) is 42.2. The van der Waals surface area contributed by atoms with E-state index >= 15 is 4.39 Å². The average Bonchev–Trinajstić information content (AvgIpc) is 3.82. The van der Waals surface area contributed by atoms with Crippen LogP contribution in [0.4, 0.5) is 14.6 Å². The molecule has 0 spiro atoms. The van der Waals surface area contributed by atoms with Gasteiger partial charge in [-0.25, -0.2) is 13.8 Å². The molecule has 1 N–H and O–H groups in total. The van der Waals surface area contributed by atoms with E-state index in [1.165, 1.54) is 13.2 Å². The van der Waals surface area contributed by atoms with Crippen LogP contribution in [0.5, 0.6) is 5.75 Å². The molecule has 258 valence electrons. The number of benzene rings is 1. The molecule has 3 aliphatic rings. The van der Waals surface area contributed by atoms with Crippen LogP contribution in [0.25, 0.3) is 16.5 Å². The maximum absolute atomic E-state index is 16.6. The van der Waals surface area contributed by atoms with Crippen molar-refractivity contribution >= 4 is 34.1 Å². The number of halogens is 2. The molecule has 49 heavy (non-hydrogen) atoms. The number of aromatic amines is 1. The second-order valence-electron chi connectivity index (χ2n) is 13.1. The number of hydrogen-bond donors (Lipinski definition) is 1. The number of likely N-dealkylation sites (tertiary alicyclic amines) is 1. The van der Waals surface area contributed by atoms with Crippen LogP contribution < -0.4 is 9.64 Å². The lowest BCUT2D eigenvalue weighted by atomic mass is 9.85. The molecule has 0 atom stereocenters. The number of nitrogens with zero attached hydrogens (tertiary/aromatic N) is 8. The molecule has 0 unspecified atom stereocenters. The van der Waals surface area contributed by atoms with E-state index in [0.29, 0.717) is 80.6 Å². The van der Waals surface area contributed by atoms with Gasteiger partial charge in [0.1, 0.15) is 11.5 Å². The maximum atomic E-state index is 16.6. The number of hydrogen-bond acceptors (Lipinski definition) is 8. The van der Waals surface area contributed by atoms with E-state index in [1.54, 1.807) is 26.9 Å². The fraction of sp³-hybridized carbons (Fsp3) is 0.457. The number of anilines is 1. The van der Waals surface area contributed by atoms with Gasteiger partial charge in [-0.05, 0) is 68.6 Å². The molecule has 2 amide bonds. The number of carbonyl (C=O) groups excluding carboxylic acids is 2. The van der Waals surface area contributed by atoms with Gasteiger partial charge in [-0.15, -0.1) is 5.10 Å². The molecule has 0 bridgehead atoms. The lowest BCUT2D eigenvalue weighted by molar-refractivity contribution is -0.131. The minimum Gasteiger partial charge on any atom is -0.493 e. The van der Waals surface area contributed by atoms with Crippen molar-refractivity contribution in [3.63, 3.8) is 0 Å². The van der Waals surface area contributed by atoms with E-state index in [4.69, 9.17) is 4.74 Å². The molecule has 0 radical (unpaired) electrons. The van der Waals surface area contributed by atoms with Gasteiger partial charge in [0.25, 0.3) is 5.91 Å². The highest BCUT2D eigenvalue weighted by molar-refractivity contribution is 6.00. The molecule has 0 saturated carbocycles. The topological polar surface area (TPSA) is 116 Å². The standard InChI is InChI=1S/C35H41F2N9O3/c1-42-10-5-23(6-11-42)26-19-27(24-4-3-9-45(22-24)31(47)7-12-46-13-8-39-41-46)32(37)33-28(26)20-29(40-33)35(48)44-16-14-43(15-17-44)34-30(49-2)18-25(36)21-38-34/h4,8,13,18-21,23,40H,3,5-7,9-12,14-17,22H2,1-2H3. The molecule has 4 aromatic rings. The Balaban J connectivity index is 1.14. The van der Waals surface area contributed by atoms with Crippen molar-refractivity contribution in [1.29, 1.82) is 0 Å². The summed E-state index contributed by atoms with van der Waals surface area (Å²) in [5.74, 6) is -0.0164. The predicted molar refractivity (Wildman–Crippen MR) is 180 cm³/mol. The summed E-state index contributed by atoms with van der Waals surface area (Å²) in [6.07, 6.45) is 9.27. The molecule has 7 rings (SSSR count). The first-order valence-electron chi connectivity index (χ1n) is 16.9. The summed E-state index contributed by atoms with van der Waals surface area (Å²) in [6.45, 7) is 5.00. The first-order chi connectivity index (χ1) is 23.8. The van der Waals surface area contributed by atoms with Crippen molar-refractivity contribution in [3.05, 3.63) is 71.3 Å². The van der Waals surface area contributed by atoms with Crippen molar-refractivity contribution in [2.45, 2.75) is 38.1 Å². The van der Waals surface area contributed by atoms with Crippen molar-refractivity contribution in [2.24, 2.45) is 0 Å². The van der Waals surface area contributed by atoms with Crippen LogP contribution in [0.1, 0.15) is 53.2 Å². The van der Waals surface area contributed by atoms with Gasteiger partial charge < -0.3 is 29.3 Å². The van der Waals surface area contributed by atoms with Crippen LogP contribution >= 0.6 is 0 Å². The number of nitrogens with one attached hydrogen (secondary N) is 1. The Hall–Kier alpha value is -4.85. The summed E-state index contributed by atoms with van der Waals surface area (Å²) in [5.41, 5.74) is 2.95. The fourth-order valence-corrected chi connectivity index (χ4v) is 7.26. The van der Waals surface area contributed by atoms with E-state index < -0.39 is 11.6 Å². The molecule has 0 aliphatic carbocycles. The molecule has 6 heterocycles. The smallest absolute Gasteiger partial charge is 0.270 e. The number of amides is 2. The van der Waals surface area contributed by atoms with E-state index in [-0.39, 0.29) is 24.2 Å². The van der Waals surface area contributed by atoms with Crippen molar-refractivity contribution in [3.8, 4) is 5.75 Å². The van der Waals surface area contributed by atoms with Crippen molar-refractivity contribution < 1.29 is 23.1 Å². The lowest BCUT2D eigenvalue weighted by Crippen LogP contribution is -2.49. The number of pyridine rings is 1. The summed E-state index contributed by atoms with van der Waals surface area (Å²) in [5, 5.41) is 8.48. The number of carbonyl (C=O) groups is 2. The Kier molecular flexibility index (Phi) is 9.30. The molecule has 2 saturated heterocycles. The number of H-pyrrole nitrogens is 1. The second kappa shape index (κ2) is 13.9. The van der Waals surface area contributed by atoms with Gasteiger partial charge in [0.2, 0.25) is 5.91 Å². The monoisotopic (exact) mass is 673 g/mol. The molecule has 1 aromatic carbocycles.